The van der Waals surface area contributed by atoms with E-state index in [9.17, 15) is 0 Å². The number of benzene rings is 1. The lowest BCUT2D eigenvalue weighted by Gasteiger charge is -2.00. The molecule has 16 heavy (non-hydrogen) atoms. The minimum absolute atomic E-state index is 0.00864. The largest absolute Gasteiger partial charge is 0.391 e. The van der Waals surface area contributed by atoms with Gasteiger partial charge in [-0.15, -0.1) is 11.3 Å². The monoisotopic (exact) mass is 273 g/mol. The molecule has 0 radical (unpaired) electrons. The van der Waals surface area contributed by atoms with Gasteiger partial charge in [-0.1, -0.05) is 23.2 Å². The van der Waals surface area contributed by atoms with Crippen molar-refractivity contribution in [3.63, 3.8) is 0 Å². The van der Waals surface area contributed by atoms with Gasteiger partial charge in [-0.05, 0) is 25.1 Å². The van der Waals surface area contributed by atoms with E-state index in [1.807, 2.05) is 13.0 Å². The molecule has 1 N–H and O–H groups in total. The van der Waals surface area contributed by atoms with Crippen LogP contribution in [0.3, 0.4) is 0 Å². The van der Waals surface area contributed by atoms with Gasteiger partial charge in [-0.3, -0.25) is 0 Å². The molecule has 0 unspecified atom stereocenters. The Hall–Kier alpha value is -0.610. The van der Waals surface area contributed by atoms with Gasteiger partial charge in [0.25, 0.3) is 0 Å². The molecule has 84 valence electrons. The van der Waals surface area contributed by atoms with E-state index >= 15 is 0 Å². The second-order valence-electron chi connectivity index (χ2n) is 3.31. The molecule has 1 aromatic heterocycles. The SMILES string of the molecule is Cc1nc(-c2ccc(Cl)cc2Cl)sc1CO. The van der Waals surface area contributed by atoms with E-state index in [0.29, 0.717) is 10.0 Å². The number of hydrogen-bond acceptors (Lipinski definition) is 3. The van der Waals surface area contributed by atoms with Gasteiger partial charge in [0, 0.05) is 10.6 Å². The van der Waals surface area contributed by atoms with Crippen molar-refractivity contribution in [1.29, 1.82) is 0 Å². The Balaban J connectivity index is 2.50. The zero-order valence-corrected chi connectivity index (χ0v) is 10.8. The third kappa shape index (κ3) is 2.23. The van der Waals surface area contributed by atoms with Gasteiger partial charge in [-0.25, -0.2) is 4.98 Å². The summed E-state index contributed by atoms with van der Waals surface area (Å²) in [5.41, 5.74) is 1.69. The highest BCUT2D eigenvalue weighted by Crippen LogP contribution is 2.34. The molecule has 0 saturated carbocycles. The zero-order chi connectivity index (χ0) is 11.7. The molecule has 1 heterocycles. The maximum Gasteiger partial charge on any atom is 0.125 e. The molecule has 0 aliphatic rings. The molecular formula is C11H9Cl2NOS. The molecule has 2 rings (SSSR count). The lowest BCUT2D eigenvalue weighted by molar-refractivity contribution is 0.284. The first kappa shape index (κ1) is 11.9. The van der Waals surface area contributed by atoms with Gasteiger partial charge < -0.3 is 5.11 Å². The highest BCUT2D eigenvalue weighted by Gasteiger charge is 2.11. The van der Waals surface area contributed by atoms with Crippen LogP contribution in [0.25, 0.3) is 10.6 Å². The second-order valence-corrected chi connectivity index (χ2v) is 5.24. The molecular weight excluding hydrogens is 265 g/mol. The summed E-state index contributed by atoms with van der Waals surface area (Å²) in [5.74, 6) is 0. The summed E-state index contributed by atoms with van der Waals surface area (Å²) in [5, 5.41) is 11.1. The molecule has 5 heteroatoms. The fraction of sp³-hybridized carbons (Fsp3) is 0.182. The predicted molar refractivity (Wildman–Crippen MR) is 68.2 cm³/mol. The highest BCUT2D eigenvalue weighted by atomic mass is 35.5. The van der Waals surface area contributed by atoms with E-state index in [-0.39, 0.29) is 6.61 Å². The maximum absolute atomic E-state index is 9.11. The van der Waals surface area contributed by atoms with Crippen molar-refractivity contribution in [2.75, 3.05) is 0 Å². The number of aliphatic hydroxyl groups is 1. The average Bonchev–Trinajstić information content (AvgIpc) is 2.59. The molecule has 0 spiro atoms. The number of aromatic nitrogens is 1. The molecule has 0 fully saturated rings. The van der Waals surface area contributed by atoms with Crippen molar-refractivity contribution in [2.45, 2.75) is 13.5 Å². The molecule has 0 aliphatic carbocycles. The number of hydrogen-bond donors (Lipinski definition) is 1. The van der Waals surface area contributed by atoms with Crippen LogP contribution >= 0.6 is 34.5 Å². The maximum atomic E-state index is 9.11. The van der Waals surface area contributed by atoms with Crippen molar-refractivity contribution in [2.24, 2.45) is 0 Å². The Labute approximate surface area is 107 Å². The van der Waals surface area contributed by atoms with E-state index < -0.39 is 0 Å². The van der Waals surface area contributed by atoms with Gasteiger partial charge in [0.05, 0.1) is 22.2 Å². The third-order valence-corrected chi connectivity index (χ3v) is 3.92. The number of rotatable bonds is 2. The van der Waals surface area contributed by atoms with Crippen LogP contribution in [-0.4, -0.2) is 10.1 Å². The minimum Gasteiger partial charge on any atom is -0.391 e. The summed E-state index contributed by atoms with van der Waals surface area (Å²) < 4.78 is 0. The quantitative estimate of drug-likeness (QED) is 0.900. The van der Waals surface area contributed by atoms with Crippen LogP contribution in [0.5, 0.6) is 0 Å². The Morgan fingerprint density at radius 1 is 1.38 bits per heavy atom. The molecule has 0 aliphatic heterocycles. The van der Waals surface area contributed by atoms with Gasteiger partial charge >= 0.3 is 0 Å². The zero-order valence-electron chi connectivity index (χ0n) is 8.50. The van der Waals surface area contributed by atoms with Crippen LogP contribution < -0.4 is 0 Å². The molecule has 0 saturated heterocycles. The van der Waals surface area contributed by atoms with Crippen molar-refractivity contribution in [1.82, 2.24) is 4.98 Å². The Kier molecular flexibility index (Phi) is 3.50. The smallest absolute Gasteiger partial charge is 0.125 e. The summed E-state index contributed by atoms with van der Waals surface area (Å²) in [6, 6.07) is 5.30. The summed E-state index contributed by atoms with van der Waals surface area (Å²) in [7, 11) is 0. The number of halogens is 2. The number of aliphatic hydroxyl groups excluding tert-OH is 1. The first-order valence-corrected chi connectivity index (χ1v) is 6.21. The lowest BCUT2D eigenvalue weighted by atomic mass is 10.2. The van der Waals surface area contributed by atoms with E-state index in [4.69, 9.17) is 28.3 Å². The normalized spacial score (nSPS) is 10.8. The summed E-state index contributed by atoms with van der Waals surface area (Å²) in [4.78, 5) is 5.24. The fourth-order valence-corrected chi connectivity index (χ4v) is 2.87. The third-order valence-electron chi connectivity index (χ3n) is 2.20. The first-order valence-electron chi connectivity index (χ1n) is 4.64. The Morgan fingerprint density at radius 2 is 2.12 bits per heavy atom. The Morgan fingerprint density at radius 3 is 2.69 bits per heavy atom. The van der Waals surface area contributed by atoms with E-state index in [1.54, 1.807) is 12.1 Å². The van der Waals surface area contributed by atoms with Crippen LogP contribution in [0.1, 0.15) is 10.6 Å². The van der Waals surface area contributed by atoms with Crippen molar-refractivity contribution in [3.8, 4) is 10.6 Å². The van der Waals surface area contributed by atoms with Crippen molar-refractivity contribution >= 4 is 34.5 Å². The van der Waals surface area contributed by atoms with Crippen molar-refractivity contribution < 1.29 is 5.11 Å². The topological polar surface area (TPSA) is 33.1 Å². The van der Waals surface area contributed by atoms with E-state index in [2.05, 4.69) is 4.98 Å². The van der Waals surface area contributed by atoms with Gasteiger partial charge in [0.15, 0.2) is 0 Å². The molecule has 0 atom stereocenters. The lowest BCUT2D eigenvalue weighted by Crippen LogP contribution is -1.81. The predicted octanol–water partition coefficient (Wildman–Crippen LogP) is 3.92. The van der Waals surface area contributed by atoms with E-state index in [0.717, 1.165) is 21.1 Å². The molecule has 0 amide bonds. The van der Waals surface area contributed by atoms with Gasteiger partial charge in [0.2, 0.25) is 0 Å². The van der Waals surface area contributed by atoms with Gasteiger partial charge in [0.1, 0.15) is 5.01 Å². The van der Waals surface area contributed by atoms with Crippen LogP contribution in [0.4, 0.5) is 0 Å². The Bertz CT molecular complexity index is 525. The standard InChI is InChI=1S/C11H9Cl2NOS/c1-6-10(5-15)16-11(14-6)8-3-2-7(12)4-9(8)13/h2-4,15H,5H2,1H3. The molecule has 2 aromatic rings. The van der Waals surface area contributed by atoms with Crippen LogP contribution in [0.15, 0.2) is 18.2 Å². The fourth-order valence-electron chi connectivity index (χ4n) is 1.35. The second kappa shape index (κ2) is 4.72. The first-order chi connectivity index (χ1) is 7.61. The minimum atomic E-state index is 0.00864. The van der Waals surface area contributed by atoms with Gasteiger partial charge in [-0.2, -0.15) is 0 Å². The molecule has 1 aromatic carbocycles. The highest BCUT2D eigenvalue weighted by molar-refractivity contribution is 7.15. The summed E-state index contributed by atoms with van der Waals surface area (Å²) in [6.07, 6.45) is 0. The van der Waals surface area contributed by atoms with Crippen molar-refractivity contribution in [3.05, 3.63) is 38.8 Å². The average molecular weight is 274 g/mol. The summed E-state index contributed by atoms with van der Waals surface area (Å²) in [6.45, 7) is 1.88. The van der Waals surface area contributed by atoms with Crippen LogP contribution in [-0.2, 0) is 6.61 Å². The number of aryl methyl sites for hydroxylation is 1. The summed E-state index contributed by atoms with van der Waals surface area (Å²) >= 11 is 13.4. The van der Waals surface area contributed by atoms with Crippen LogP contribution in [0, 0.1) is 6.92 Å². The molecule has 0 bridgehead atoms. The molecule has 2 nitrogen and oxygen atoms in total. The van der Waals surface area contributed by atoms with Crippen LogP contribution in [0.2, 0.25) is 10.0 Å². The number of thiazole rings is 1. The van der Waals surface area contributed by atoms with E-state index in [1.165, 1.54) is 11.3 Å². The number of nitrogens with zero attached hydrogens (tertiary/aromatic N) is 1.